The van der Waals surface area contributed by atoms with Gasteiger partial charge in [0.2, 0.25) is 0 Å². The van der Waals surface area contributed by atoms with E-state index in [4.69, 9.17) is 9.84 Å². The molecule has 142 valence electrons. The standard InChI is InChI=1S/C22H18BrFN2O2/c1-28-17-6-2-14(3-7-17)12-26-21-11-16(23)5-9-19(21)22(25-26)18-8-4-15(13-27)10-20(18)24/h2-11,27H,12-13H2,1H3. The molecule has 1 aromatic heterocycles. The number of fused-ring (bicyclic) bond motifs is 1. The number of benzene rings is 3. The van der Waals surface area contributed by atoms with Gasteiger partial charge in [0.15, 0.2) is 0 Å². The summed E-state index contributed by atoms with van der Waals surface area (Å²) >= 11 is 3.51. The first-order valence-corrected chi connectivity index (χ1v) is 9.57. The van der Waals surface area contributed by atoms with Gasteiger partial charge in [0, 0.05) is 15.4 Å². The largest absolute Gasteiger partial charge is 0.497 e. The molecule has 0 unspecified atom stereocenters. The van der Waals surface area contributed by atoms with Crippen LogP contribution in [0.4, 0.5) is 4.39 Å². The maximum absolute atomic E-state index is 14.7. The highest BCUT2D eigenvalue weighted by molar-refractivity contribution is 9.10. The quantitative estimate of drug-likeness (QED) is 0.466. The maximum Gasteiger partial charge on any atom is 0.133 e. The van der Waals surface area contributed by atoms with Gasteiger partial charge in [0.25, 0.3) is 0 Å². The lowest BCUT2D eigenvalue weighted by Gasteiger charge is -2.06. The third-order valence-electron chi connectivity index (χ3n) is 4.68. The number of rotatable bonds is 5. The van der Waals surface area contributed by atoms with Gasteiger partial charge in [-0.2, -0.15) is 5.10 Å². The number of aliphatic hydroxyl groups is 1. The highest BCUT2D eigenvalue weighted by atomic mass is 79.9. The smallest absolute Gasteiger partial charge is 0.133 e. The molecule has 0 saturated carbocycles. The van der Waals surface area contributed by atoms with Crippen molar-refractivity contribution in [2.24, 2.45) is 0 Å². The van der Waals surface area contributed by atoms with E-state index in [2.05, 4.69) is 15.9 Å². The molecule has 1 heterocycles. The molecule has 1 N–H and O–H groups in total. The summed E-state index contributed by atoms with van der Waals surface area (Å²) in [6.45, 7) is 0.351. The number of hydrogen-bond donors (Lipinski definition) is 1. The molecule has 0 aliphatic carbocycles. The van der Waals surface area contributed by atoms with Gasteiger partial charge in [-0.1, -0.05) is 34.1 Å². The van der Waals surface area contributed by atoms with Gasteiger partial charge in [-0.3, -0.25) is 4.68 Å². The third-order valence-corrected chi connectivity index (χ3v) is 5.17. The Bertz CT molecular complexity index is 1140. The molecular formula is C22H18BrFN2O2. The first kappa shape index (κ1) is 18.7. The summed E-state index contributed by atoms with van der Waals surface area (Å²) in [6.07, 6.45) is 0. The number of ether oxygens (including phenoxy) is 1. The second kappa shape index (κ2) is 7.73. The zero-order valence-corrected chi connectivity index (χ0v) is 16.8. The van der Waals surface area contributed by atoms with E-state index < -0.39 is 5.82 Å². The van der Waals surface area contributed by atoms with Crippen molar-refractivity contribution in [3.63, 3.8) is 0 Å². The van der Waals surface area contributed by atoms with E-state index in [-0.39, 0.29) is 6.61 Å². The van der Waals surface area contributed by atoms with Crippen LogP contribution in [0.1, 0.15) is 11.1 Å². The van der Waals surface area contributed by atoms with E-state index in [9.17, 15) is 9.50 Å². The average Bonchev–Trinajstić information content (AvgIpc) is 3.05. The third kappa shape index (κ3) is 3.53. The molecule has 28 heavy (non-hydrogen) atoms. The second-order valence-electron chi connectivity index (χ2n) is 6.49. The Labute approximate surface area is 170 Å². The molecule has 0 amide bonds. The normalized spacial score (nSPS) is 11.1. The molecule has 6 heteroatoms. The van der Waals surface area contributed by atoms with Gasteiger partial charge in [-0.15, -0.1) is 0 Å². The van der Waals surface area contributed by atoms with Crippen LogP contribution in [0.15, 0.2) is 65.1 Å². The number of methoxy groups -OCH3 is 1. The van der Waals surface area contributed by atoms with Crippen molar-refractivity contribution in [3.05, 3.63) is 82.1 Å². The lowest BCUT2D eigenvalue weighted by molar-refractivity contribution is 0.281. The number of halogens is 2. The molecule has 0 aliphatic heterocycles. The molecule has 0 aliphatic rings. The number of hydrogen-bond acceptors (Lipinski definition) is 3. The summed E-state index contributed by atoms with van der Waals surface area (Å²) in [4.78, 5) is 0. The Morgan fingerprint density at radius 3 is 2.46 bits per heavy atom. The minimum Gasteiger partial charge on any atom is -0.497 e. The Hall–Kier alpha value is -2.70. The fourth-order valence-electron chi connectivity index (χ4n) is 3.22. The van der Waals surface area contributed by atoms with Crippen molar-refractivity contribution < 1.29 is 14.2 Å². The van der Waals surface area contributed by atoms with Crippen LogP contribution in [0.2, 0.25) is 0 Å². The van der Waals surface area contributed by atoms with Gasteiger partial charge in [-0.25, -0.2) is 4.39 Å². The Kier molecular flexibility index (Phi) is 5.15. The van der Waals surface area contributed by atoms with Crippen LogP contribution in [-0.4, -0.2) is 22.0 Å². The van der Waals surface area contributed by atoms with Crippen molar-refractivity contribution in [2.75, 3.05) is 7.11 Å². The van der Waals surface area contributed by atoms with Crippen molar-refractivity contribution in [1.29, 1.82) is 0 Å². The zero-order valence-electron chi connectivity index (χ0n) is 15.2. The van der Waals surface area contributed by atoms with Crippen LogP contribution in [0.25, 0.3) is 22.2 Å². The Morgan fingerprint density at radius 2 is 1.79 bits per heavy atom. The van der Waals surface area contributed by atoms with Crippen LogP contribution >= 0.6 is 15.9 Å². The molecule has 4 aromatic rings. The fourth-order valence-corrected chi connectivity index (χ4v) is 3.57. The SMILES string of the molecule is COc1ccc(Cn2nc(-c3ccc(CO)cc3F)c3ccc(Br)cc32)cc1. The zero-order chi connectivity index (χ0) is 19.7. The highest BCUT2D eigenvalue weighted by Crippen LogP contribution is 2.32. The molecule has 0 bridgehead atoms. The summed E-state index contributed by atoms with van der Waals surface area (Å²) in [5.74, 6) is 0.397. The van der Waals surface area contributed by atoms with E-state index in [1.54, 1.807) is 19.2 Å². The van der Waals surface area contributed by atoms with Crippen LogP contribution < -0.4 is 4.74 Å². The maximum atomic E-state index is 14.7. The summed E-state index contributed by atoms with van der Waals surface area (Å²) in [5, 5.41) is 14.8. The summed E-state index contributed by atoms with van der Waals surface area (Å²) in [6, 6.07) is 18.4. The first-order valence-electron chi connectivity index (χ1n) is 8.77. The molecular weight excluding hydrogens is 423 g/mol. The topological polar surface area (TPSA) is 47.3 Å². The van der Waals surface area contributed by atoms with Crippen LogP contribution in [0.3, 0.4) is 0 Å². The lowest BCUT2D eigenvalue weighted by Crippen LogP contribution is -2.02. The Balaban J connectivity index is 1.82. The van der Waals surface area contributed by atoms with Gasteiger partial charge in [-0.05, 0) is 53.6 Å². The number of aliphatic hydroxyl groups excluding tert-OH is 1. The number of nitrogens with zero attached hydrogens (tertiary/aromatic N) is 2. The van der Waals surface area contributed by atoms with Crippen LogP contribution in [0, 0.1) is 5.82 Å². The van der Waals surface area contributed by atoms with Gasteiger partial charge >= 0.3 is 0 Å². The molecule has 4 nitrogen and oxygen atoms in total. The molecule has 0 radical (unpaired) electrons. The number of aromatic nitrogens is 2. The predicted molar refractivity (Wildman–Crippen MR) is 111 cm³/mol. The van der Waals surface area contributed by atoms with Crippen molar-refractivity contribution in [1.82, 2.24) is 9.78 Å². The van der Waals surface area contributed by atoms with E-state index in [0.29, 0.717) is 23.4 Å². The molecule has 0 atom stereocenters. The minimum atomic E-state index is -0.398. The Morgan fingerprint density at radius 1 is 1.04 bits per heavy atom. The van der Waals surface area contributed by atoms with E-state index in [1.165, 1.54) is 6.07 Å². The van der Waals surface area contributed by atoms with Gasteiger partial charge < -0.3 is 9.84 Å². The van der Waals surface area contributed by atoms with Crippen molar-refractivity contribution in [2.45, 2.75) is 13.2 Å². The van der Waals surface area contributed by atoms with Crippen LogP contribution in [-0.2, 0) is 13.2 Å². The summed E-state index contributed by atoms with van der Waals surface area (Å²) in [7, 11) is 1.64. The lowest BCUT2D eigenvalue weighted by atomic mass is 10.1. The molecule has 4 rings (SSSR count). The van der Waals surface area contributed by atoms with Crippen LogP contribution in [0.5, 0.6) is 5.75 Å². The van der Waals surface area contributed by atoms with Gasteiger partial charge in [0.05, 0.1) is 25.8 Å². The van der Waals surface area contributed by atoms with Crippen molar-refractivity contribution >= 4 is 26.8 Å². The van der Waals surface area contributed by atoms with E-state index in [0.717, 1.165) is 26.7 Å². The van der Waals surface area contributed by atoms with Crippen molar-refractivity contribution in [3.8, 4) is 17.0 Å². The molecule has 0 fully saturated rings. The highest BCUT2D eigenvalue weighted by Gasteiger charge is 2.16. The van der Waals surface area contributed by atoms with E-state index >= 15 is 0 Å². The average molecular weight is 441 g/mol. The summed E-state index contributed by atoms with van der Waals surface area (Å²) < 4.78 is 22.7. The van der Waals surface area contributed by atoms with E-state index in [1.807, 2.05) is 47.1 Å². The molecule has 0 saturated heterocycles. The van der Waals surface area contributed by atoms with Gasteiger partial charge in [0.1, 0.15) is 17.3 Å². The predicted octanol–water partition coefficient (Wildman–Crippen LogP) is 5.15. The first-order chi connectivity index (χ1) is 13.6. The monoisotopic (exact) mass is 440 g/mol. The molecule has 3 aromatic carbocycles. The summed E-state index contributed by atoms with van der Waals surface area (Å²) in [5.41, 5.74) is 3.50. The minimum absolute atomic E-state index is 0.198. The second-order valence-corrected chi connectivity index (χ2v) is 7.40. The fraction of sp³-hybridized carbons (Fsp3) is 0.136. The molecule has 0 spiro atoms.